The number of aliphatic hydroxyl groups is 1. The van der Waals surface area contributed by atoms with Gasteiger partial charge in [-0.05, 0) is 17.7 Å². The van der Waals surface area contributed by atoms with Crippen LogP contribution in [0, 0.1) is 0 Å². The fourth-order valence-electron chi connectivity index (χ4n) is 2.76. The lowest BCUT2D eigenvalue weighted by Crippen LogP contribution is -2.38. The Kier molecular flexibility index (Phi) is 4.57. The zero-order valence-corrected chi connectivity index (χ0v) is 14.2. The number of rotatable bonds is 4. The summed E-state index contributed by atoms with van der Waals surface area (Å²) in [7, 11) is 1.57. The lowest BCUT2D eigenvalue weighted by Gasteiger charge is -2.27. The van der Waals surface area contributed by atoms with E-state index in [0.717, 1.165) is 11.5 Å². The number of oxazole rings is 1. The van der Waals surface area contributed by atoms with Gasteiger partial charge in [0.25, 0.3) is 5.91 Å². The maximum Gasteiger partial charge on any atom is 0.256 e. The first kappa shape index (κ1) is 16.5. The van der Waals surface area contributed by atoms with Crippen LogP contribution in [0.4, 0.5) is 0 Å². The van der Waals surface area contributed by atoms with Crippen molar-refractivity contribution in [1.29, 1.82) is 0 Å². The number of carbonyl (C=O) groups excluding carboxylic acids is 1. The average Bonchev–Trinajstić information content (AvgIpc) is 3.04. The highest BCUT2D eigenvalue weighted by Gasteiger charge is 2.30. The molecule has 2 aromatic rings. The van der Waals surface area contributed by atoms with Crippen molar-refractivity contribution in [2.75, 3.05) is 13.7 Å². The Morgan fingerprint density at radius 2 is 2.04 bits per heavy atom. The Labute approximate surface area is 141 Å². The highest BCUT2D eigenvalue weighted by atomic mass is 16.5. The molecule has 0 spiro atoms. The zero-order chi connectivity index (χ0) is 17.3. The summed E-state index contributed by atoms with van der Waals surface area (Å²) in [6.07, 6.45) is -0.565. The number of hydrogen-bond donors (Lipinski definition) is 1. The van der Waals surface area contributed by atoms with Crippen molar-refractivity contribution in [2.24, 2.45) is 0 Å². The fraction of sp³-hybridized carbons (Fsp3) is 0.444. The Hall–Kier alpha value is -2.34. The monoisotopic (exact) mass is 330 g/mol. The zero-order valence-electron chi connectivity index (χ0n) is 14.2. The molecule has 6 nitrogen and oxygen atoms in total. The summed E-state index contributed by atoms with van der Waals surface area (Å²) in [4.78, 5) is 18.7. The van der Waals surface area contributed by atoms with Gasteiger partial charge in [0.15, 0.2) is 12.0 Å². The summed E-state index contributed by atoms with van der Waals surface area (Å²) in [5.41, 5.74) is 1.34. The number of benzene rings is 1. The second-order valence-corrected chi connectivity index (χ2v) is 6.26. The second-order valence-electron chi connectivity index (χ2n) is 6.26. The van der Waals surface area contributed by atoms with Gasteiger partial charge in [-0.25, -0.2) is 4.98 Å². The SMILES string of the molecule is COc1ccc(C(O)C(=O)N2CCc3oc(C(C)C)nc3C2)cc1. The van der Waals surface area contributed by atoms with Crippen molar-refractivity contribution in [2.45, 2.75) is 38.8 Å². The molecule has 1 amide bonds. The van der Waals surface area contributed by atoms with E-state index in [4.69, 9.17) is 9.15 Å². The number of hydrogen-bond acceptors (Lipinski definition) is 5. The number of aliphatic hydroxyl groups excluding tert-OH is 1. The first-order valence-electron chi connectivity index (χ1n) is 8.09. The largest absolute Gasteiger partial charge is 0.497 e. The number of carbonyl (C=O) groups is 1. The molecule has 0 saturated heterocycles. The molecule has 1 aromatic carbocycles. The van der Waals surface area contributed by atoms with E-state index in [2.05, 4.69) is 4.98 Å². The van der Waals surface area contributed by atoms with Crippen LogP contribution in [0.2, 0.25) is 0 Å². The van der Waals surface area contributed by atoms with E-state index < -0.39 is 6.10 Å². The van der Waals surface area contributed by atoms with Crippen molar-refractivity contribution < 1.29 is 19.1 Å². The van der Waals surface area contributed by atoms with E-state index in [9.17, 15) is 9.90 Å². The van der Waals surface area contributed by atoms with Crippen LogP contribution in [0.25, 0.3) is 0 Å². The van der Waals surface area contributed by atoms with Crippen molar-refractivity contribution >= 4 is 5.91 Å². The summed E-state index contributed by atoms with van der Waals surface area (Å²) >= 11 is 0. The van der Waals surface area contributed by atoms with Gasteiger partial charge in [0.05, 0.1) is 13.7 Å². The summed E-state index contributed by atoms with van der Waals surface area (Å²) in [6, 6.07) is 6.85. The van der Waals surface area contributed by atoms with Crippen molar-refractivity contribution in [3.63, 3.8) is 0 Å². The van der Waals surface area contributed by atoms with Gasteiger partial charge in [-0.1, -0.05) is 26.0 Å². The van der Waals surface area contributed by atoms with Crippen LogP contribution < -0.4 is 4.74 Å². The van der Waals surface area contributed by atoms with Crippen molar-refractivity contribution in [3.05, 3.63) is 47.2 Å². The topological polar surface area (TPSA) is 75.8 Å². The summed E-state index contributed by atoms with van der Waals surface area (Å²) in [5.74, 6) is 2.13. The number of fused-ring (bicyclic) bond motifs is 1. The number of amides is 1. The standard InChI is InChI=1S/C18H22N2O4/c1-11(2)17-19-14-10-20(9-8-15(14)24-17)18(22)16(21)12-4-6-13(23-3)7-5-12/h4-7,11,16,21H,8-10H2,1-3H3. The molecule has 128 valence electrons. The van der Waals surface area contributed by atoms with Gasteiger partial charge < -0.3 is 19.2 Å². The molecule has 1 N–H and O–H groups in total. The number of nitrogens with zero attached hydrogens (tertiary/aromatic N) is 2. The van der Waals surface area contributed by atoms with Crippen LogP contribution in [-0.2, 0) is 17.8 Å². The molecule has 0 radical (unpaired) electrons. The minimum absolute atomic E-state index is 0.213. The first-order chi connectivity index (χ1) is 11.5. The summed E-state index contributed by atoms with van der Waals surface area (Å²) < 4.78 is 10.8. The molecular weight excluding hydrogens is 308 g/mol. The third-order valence-corrected chi connectivity index (χ3v) is 4.22. The Morgan fingerprint density at radius 1 is 1.33 bits per heavy atom. The van der Waals surface area contributed by atoms with Gasteiger partial charge in [-0.3, -0.25) is 4.79 Å². The minimum Gasteiger partial charge on any atom is -0.497 e. The van der Waals surface area contributed by atoms with E-state index in [1.165, 1.54) is 0 Å². The van der Waals surface area contributed by atoms with Crippen LogP contribution in [-0.4, -0.2) is 34.6 Å². The molecule has 1 aliphatic rings. The molecule has 24 heavy (non-hydrogen) atoms. The Morgan fingerprint density at radius 3 is 2.67 bits per heavy atom. The fourth-order valence-corrected chi connectivity index (χ4v) is 2.76. The average molecular weight is 330 g/mol. The van der Waals surface area contributed by atoms with Crippen molar-refractivity contribution in [1.82, 2.24) is 9.88 Å². The lowest BCUT2D eigenvalue weighted by molar-refractivity contribution is -0.141. The molecule has 0 aliphatic carbocycles. The first-order valence-corrected chi connectivity index (χ1v) is 8.09. The molecule has 1 aromatic heterocycles. The summed E-state index contributed by atoms with van der Waals surface area (Å²) in [6.45, 7) is 4.94. The lowest BCUT2D eigenvalue weighted by atomic mass is 10.1. The number of aromatic nitrogens is 1. The minimum atomic E-state index is -1.19. The highest BCUT2D eigenvalue weighted by Crippen LogP contribution is 2.26. The molecule has 1 atom stereocenters. The van der Waals surface area contributed by atoms with Gasteiger partial charge in [0.1, 0.15) is 17.2 Å². The second kappa shape index (κ2) is 6.65. The molecule has 1 aliphatic heterocycles. The summed E-state index contributed by atoms with van der Waals surface area (Å²) in [5, 5.41) is 10.4. The molecule has 0 fully saturated rings. The third-order valence-electron chi connectivity index (χ3n) is 4.22. The Bertz CT molecular complexity index is 721. The maximum atomic E-state index is 12.6. The van der Waals surface area contributed by atoms with Gasteiger partial charge in [-0.2, -0.15) is 0 Å². The number of methoxy groups -OCH3 is 1. The highest BCUT2D eigenvalue weighted by molar-refractivity contribution is 5.82. The quantitative estimate of drug-likeness (QED) is 0.932. The third kappa shape index (κ3) is 3.14. The molecule has 6 heteroatoms. The molecule has 0 bridgehead atoms. The van der Waals surface area contributed by atoms with Gasteiger partial charge in [-0.15, -0.1) is 0 Å². The van der Waals surface area contributed by atoms with Gasteiger partial charge in [0, 0.05) is 18.9 Å². The van der Waals surface area contributed by atoms with E-state index in [0.29, 0.717) is 36.7 Å². The van der Waals surface area contributed by atoms with Gasteiger partial charge >= 0.3 is 0 Å². The maximum absolute atomic E-state index is 12.6. The van der Waals surface area contributed by atoms with Crippen LogP contribution in [0.15, 0.2) is 28.7 Å². The predicted molar refractivity (Wildman–Crippen MR) is 87.7 cm³/mol. The molecule has 3 rings (SSSR count). The number of ether oxygens (including phenoxy) is 1. The van der Waals surface area contributed by atoms with Crippen molar-refractivity contribution in [3.8, 4) is 5.75 Å². The van der Waals surface area contributed by atoms with E-state index in [1.807, 2.05) is 13.8 Å². The van der Waals surface area contributed by atoms with E-state index >= 15 is 0 Å². The van der Waals surface area contributed by atoms with Gasteiger partial charge in [0.2, 0.25) is 0 Å². The molecule has 0 saturated carbocycles. The molecule has 1 unspecified atom stereocenters. The normalized spacial score (nSPS) is 15.3. The predicted octanol–water partition coefficient (Wildman–Crippen LogP) is 2.42. The van der Waals surface area contributed by atoms with Crippen LogP contribution in [0.5, 0.6) is 5.75 Å². The van der Waals surface area contributed by atoms with Crippen LogP contribution in [0.3, 0.4) is 0 Å². The Balaban J connectivity index is 1.72. The van der Waals surface area contributed by atoms with Crippen LogP contribution >= 0.6 is 0 Å². The van der Waals surface area contributed by atoms with E-state index in [1.54, 1.807) is 36.3 Å². The van der Waals surface area contributed by atoms with E-state index in [-0.39, 0.29) is 11.8 Å². The molecular formula is C18H22N2O4. The molecule has 2 heterocycles. The smallest absolute Gasteiger partial charge is 0.256 e. The van der Waals surface area contributed by atoms with Crippen LogP contribution in [0.1, 0.15) is 48.8 Å².